The lowest BCUT2D eigenvalue weighted by Crippen LogP contribution is -2.60. The Bertz CT molecular complexity index is 686. The minimum absolute atomic E-state index is 0.204. The number of amides is 1. The molecule has 6 heteroatoms. The molecule has 5 aliphatic rings. The van der Waals surface area contributed by atoms with Gasteiger partial charge in [0.25, 0.3) is 0 Å². The lowest BCUT2D eigenvalue weighted by atomic mass is 9.75. The standard InChI is InChI=1S/C19H25N3O3/c20-17(23)5-8-22-10-14(13-1-2-15-16(9-13)25-11-24-15)19-18(22)12-3-6-21(19)7-4-12/h1-2,9,12,14,18-19H,3-8,10-11H2,(H2,20,23)/t14-,18+,19+/m0/s1. The van der Waals surface area contributed by atoms with Crippen LogP contribution in [-0.2, 0) is 4.79 Å². The van der Waals surface area contributed by atoms with E-state index in [0.717, 1.165) is 30.5 Å². The summed E-state index contributed by atoms with van der Waals surface area (Å²) in [6.07, 6.45) is 3.01. The Hall–Kier alpha value is -1.79. The highest BCUT2D eigenvalue weighted by Crippen LogP contribution is 2.47. The van der Waals surface area contributed by atoms with Crippen molar-refractivity contribution in [2.24, 2.45) is 11.7 Å². The second-order valence-electron chi connectivity index (χ2n) is 7.79. The molecule has 134 valence electrons. The summed E-state index contributed by atoms with van der Waals surface area (Å²) in [4.78, 5) is 16.5. The Labute approximate surface area is 147 Å². The SMILES string of the molecule is NC(=O)CCN1C[C@@H](c2ccc3c(c2)OCO3)[C@@H]2[C@H]1C1CCN2CC1. The van der Waals surface area contributed by atoms with Crippen LogP contribution in [0.25, 0.3) is 0 Å². The summed E-state index contributed by atoms with van der Waals surface area (Å²) < 4.78 is 11.1. The molecule has 25 heavy (non-hydrogen) atoms. The van der Waals surface area contributed by atoms with Crippen LogP contribution in [0, 0.1) is 5.92 Å². The molecular formula is C19H25N3O3. The van der Waals surface area contributed by atoms with Crippen molar-refractivity contribution in [1.29, 1.82) is 0 Å². The van der Waals surface area contributed by atoms with Crippen LogP contribution in [0.15, 0.2) is 18.2 Å². The van der Waals surface area contributed by atoms with Crippen LogP contribution >= 0.6 is 0 Å². The third kappa shape index (κ3) is 2.50. The van der Waals surface area contributed by atoms with Crippen LogP contribution in [0.4, 0.5) is 0 Å². The van der Waals surface area contributed by atoms with E-state index in [0.29, 0.717) is 31.2 Å². The number of nitrogens with two attached hydrogens (primary N) is 1. The molecule has 0 spiro atoms. The largest absolute Gasteiger partial charge is 0.454 e. The topological polar surface area (TPSA) is 68.0 Å². The molecular weight excluding hydrogens is 318 g/mol. The normalized spacial score (nSPS) is 35.8. The van der Waals surface area contributed by atoms with Crippen molar-refractivity contribution >= 4 is 5.91 Å². The zero-order valence-electron chi connectivity index (χ0n) is 14.4. The maximum atomic E-state index is 11.3. The van der Waals surface area contributed by atoms with E-state index in [2.05, 4.69) is 21.9 Å². The van der Waals surface area contributed by atoms with Crippen LogP contribution in [-0.4, -0.2) is 60.8 Å². The van der Waals surface area contributed by atoms with Crippen molar-refractivity contribution in [3.05, 3.63) is 23.8 Å². The lowest BCUT2D eigenvalue weighted by molar-refractivity contribution is -0.118. The predicted molar refractivity (Wildman–Crippen MR) is 92.6 cm³/mol. The lowest BCUT2D eigenvalue weighted by Gasteiger charge is -2.51. The number of nitrogens with zero attached hydrogens (tertiary/aromatic N) is 2. The van der Waals surface area contributed by atoms with E-state index in [1.165, 1.54) is 31.5 Å². The van der Waals surface area contributed by atoms with Gasteiger partial charge in [-0.15, -0.1) is 0 Å². The number of fused-ring (bicyclic) bond motifs is 3. The minimum Gasteiger partial charge on any atom is -0.454 e. The van der Waals surface area contributed by atoms with E-state index in [1.54, 1.807) is 0 Å². The Balaban J connectivity index is 1.46. The third-order valence-corrected chi connectivity index (χ3v) is 6.56. The first-order valence-electron chi connectivity index (χ1n) is 9.36. The number of carbonyl (C=O) groups is 1. The van der Waals surface area contributed by atoms with Crippen LogP contribution < -0.4 is 15.2 Å². The van der Waals surface area contributed by atoms with Gasteiger partial charge in [-0.2, -0.15) is 0 Å². The van der Waals surface area contributed by atoms with E-state index in [-0.39, 0.29) is 5.91 Å². The van der Waals surface area contributed by atoms with Gasteiger partial charge in [0, 0.05) is 37.5 Å². The monoisotopic (exact) mass is 343 g/mol. The molecule has 6 nitrogen and oxygen atoms in total. The zero-order valence-corrected chi connectivity index (χ0v) is 14.4. The van der Waals surface area contributed by atoms with Crippen LogP contribution in [0.5, 0.6) is 11.5 Å². The van der Waals surface area contributed by atoms with Gasteiger partial charge in [-0.1, -0.05) is 6.07 Å². The number of hydrogen-bond donors (Lipinski definition) is 1. The number of likely N-dealkylation sites (tertiary alicyclic amines) is 1. The number of hydrogen-bond acceptors (Lipinski definition) is 5. The fourth-order valence-electron chi connectivity index (χ4n) is 5.48. The first-order chi connectivity index (χ1) is 12.2. The number of benzene rings is 1. The molecule has 4 saturated heterocycles. The van der Waals surface area contributed by atoms with Gasteiger partial charge < -0.3 is 15.2 Å². The summed E-state index contributed by atoms with van der Waals surface area (Å²) >= 11 is 0. The Kier molecular flexibility index (Phi) is 3.64. The first-order valence-corrected chi connectivity index (χ1v) is 9.36. The Morgan fingerprint density at radius 1 is 1.16 bits per heavy atom. The van der Waals surface area contributed by atoms with Crippen molar-refractivity contribution in [1.82, 2.24) is 9.80 Å². The van der Waals surface area contributed by atoms with Gasteiger partial charge >= 0.3 is 0 Å². The highest BCUT2D eigenvalue weighted by atomic mass is 16.7. The fourth-order valence-corrected chi connectivity index (χ4v) is 5.48. The quantitative estimate of drug-likeness (QED) is 0.888. The smallest absolute Gasteiger partial charge is 0.231 e. The Morgan fingerprint density at radius 3 is 2.76 bits per heavy atom. The van der Waals surface area contributed by atoms with Crippen LogP contribution in [0.1, 0.15) is 30.7 Å². The Morgan fingerprint density at radius 2 is 1.96 bits per heavy atom. The maximum Gasteiger partial charge on any atom is 0.231 e. The summed E-state index contributed by atoms with van der Waals surface area (Å²) in [6, 6.07) is 7.48. The molecule has 6 rings (SSSR count). The molecule has 3 atom stereocenters. The zero-order chi connectivity index (χ0) is 17.0. The van der Waals surface area contributed by atoms with Crippen molar-refractivity contribution < 1.29 is 14.3 Å². The van der Waals surface area contributed by atoms with E-state index >= 15 is 0 Å². The van der Waals surface area contributed by atoms with Gasteiger partial charge in [0.05, 0.1) is 0 Å². The third-order valence-electron chi connectivity index (χ3n) is 6.56. The van der Waals surface area contributed by atoms with E-state index in [4.69, 9.17) is 15.2 Å². The van der Waals surface area contributed by atoms with E-state index in [9.17, 15) is 4.79 Å². The van der Waals surface area contributed by atoms with Crippen molar-refractivity contribution in [3.8, 4) is 11.5 Å². The summed E-state index contributed by atoms with van der Waals surface area (Å²) in [5.41, 5.74) is 6.74. The minimum atomic E-state index is -0.204. The molecule has 1 amide bonds. The van der Waals surface area contributed by atoms with Gasteiger partial charge in [-0.3, -0.25) is 14.6 Å². The molecule has 0 aliphatic carbocycles. The summed E-state index contributed by atoms with van der Waals surface area (Å²) in [7, 11) is 0. The van der Waals surface area contributed by atoms with Gasteiger partial charge in [0.15, 0.2) is 11.5 Å². The maximum absolute atomic E-state index is 11.3. The highest BCUT2D eigenvalue weighted by Gasteiger charge is 2.53. The van der Waals surface area contributed by atoms with Crippen LogP contribution in [0.2, 0.25) is 0 Å². The molecule has 2 bridgehead atoms. The predicted octanol–water partition coefficient (Wildman–Crippen LogP) is 1.15. The molecule has 1 aromatic rings. The van der Waals surface area contributed by atoms with Gasteiger partial charge in [-0.25, -0.2) is 0 Å². The second-order valence-corrected chi connectivity index (χ2v) is 7.79. The van der Waals surface area contributed by atoms with Crippen LogP contribution in [0.3, 0.4) is 0 Å². The van der Waals surface area contributed by atoms with Gasteiger partial charge in [0.1, 0.15) is 0 Å². The molecule has 0 radical (unpaired) electrons. The molecule has 5 heterocycles. The molecule has 0 aromatic heterocycles. The molecule has 0 saturated carbocycles. The van der Waals surface area contributed by atoms with Gasteiger partial charge in [0.2, 0.25) is 12.7 Å². The van der Waals surface area contributed by atoms with E-state index < -0.39 is 0 Å². The molecule has 5 aliphatic heterocycles. The summed E-state index contributed by atoms with van der Waals surface area (Å²) in [5.74, 6) is 2.71. The van der Waals surface area contributed by atoms with Crippen molar-refractivity contribution in [2.45, 2.75) is 37.3 Å². The summed E-state index contributed by atoms with van der Waals surface area (Å²) in [5, 5.41) is 0. The van der Waals surface area contributed by atoms with E-state index in [1.807, 2.05) is 6.07 Å². The first kappa shape index (κ1) is 15.5. The summed E-state index contributed by atoms with van der Waals surface area (Å²) in [6.45, 7) is 4.50. The molecule has 0 unspecified atom stereocenters. The number of piperidine rings is 3. The highest BCUT2D eigenvalue weighted by molar-refractivity contribution is 5.73. The van der Waals surface area contributed by atoms with Crippen molar-refractivity contribution in [3.63, 3.8) is 0 Å². The average molecular weight is 343 g/mol. The number of primary amides is 1. The fraction of sp³-hybridized carbons (Fsp3) is 0.632. The molecule has 2 N–H and O–H groups in total. The van der Waals surface area contributed by atoms with Crippen molar-refractivity contribution in [2.75, 3.05) is 33.0 Å². The second kappa shape index (κ2) is 5.88. The van der Waals surface area contributed by atoms with Gasteiger partial charge in [-0.05, 0) is 49.5 Å². The number of carbonyl (C=O) groups excluding carboxylic acids is 1. The molecule has 1 aromatic carbocycles. The number of ether oxygens (including phenoxy) is 2. The average Bonchev–Trinajstić information content (AvgIpc) is 3.26. The number of rotatable bonds is 4. The molecule has 4 fully saturated rings.